The van der Waals surface area contributed by atoms with Crippen molar-refractivity contribution in [3.8, 4) is 16.3 Å². The molecule has 156 valence electrons. The van der Waals surface area contributed by atoms with Crippen LogP contribution >= 0.6 is 35.2 Å². The molecule has 0 fully saturated rings. The first-order chi connectivity index (χ1) is 15.0. The van der Waals surface area contributed by atoms with Gasteiger partial charge in [0.25, 0.3) is 5.91 Å². The molecule has 0 saturated carbocycles. The molecule has 2 N–H and O–H groups in total. The van der Waals surface area contributed by atoms with Gasteiger partial charge in [-0.3, -0.25) is 10.1 Å². The third kappa shape index (κ3) is 5.19. The first-order valence-corrected chi connectivity index (χ1v) is 11.0. The summed E-state index contributed by atoms with van der Waals surface area (Å²) in [5.41, 5.74) is 3.41. The Balaban J connectivity index is 1.36. The number of amides is 1. The summed E-state index contributed by atoms with van der Waals surface area (Å²) in [5, 5.41) is 7.14. The van der Waals surface area contributed by atoms with Crippen LogP contribution in [0.5, 0.6) is 5.75 Å². The van der Waals surface area contributed by atoms with Crippen LogP contribution in [0.25, 0.3) is 20.8 Å². The van der Waals surface area contributed by atoms with E-state index in [1.807, 2.05) is 67.6 Å². The Morgan fingerprint density at radius 2 is 1.90 bits per heavy atom. The molecule has 0 spiro atoms. The third-order valence-corrected chi connectivity index (χ3v) is 6.04. The number of aryl methyl sites for hydroxylation is 1. The van der Waals surface area contributed by atoms with E-state index in [4.69, 9.17) is 28.6 Å². The maximum Gasteiger partial charge on any atom is 0.264 e. The zero-order valence-electron chi connectivity index (χ0n) is 16.5. The highest BCUT2D eigenvalue weighted by Crippen LogP contribution is 2.35. The number of benzene rings is 3. The SMILES string of the molecule is Cc1ccccc1OCC(=O)NC(=S)Nc1ccc(-c2nc3ccccc3s2)c(Cl)c1. The highest BCUT2D eigenvalue weighted by Gasteiger charge is 2.12. The molecule has 0 aliphatic rings. The second-order valence-corrected chi connectivity index (χ2v) is 8.58. The van der Waals surface area contributed by atoms with Crippen LogP contribution in [0, 0.1) is 6.92 Å². The monoisotopic (exact) mass is 467 g/mol. The number of nitrogens with one attached hydrogen (secondary N) is 2. The van der Waals surface area contributed by atoms with E-state index >= 15 is 0 Å². The minimum Gasteiger partial charge on any atom is -0.483 e. The summed E-state index contributed by atoms with van der Waals surface area (Å²) in [7, 11) is 0. The van der Waals surface area contributed by atoms with E-state index in [0.29, 0.717) is 16.5 Å². The van der Waals surface area contributed by atoms with Crippen molar-refractivity contribution in [1.29, 1.82) is 0 Å². The van der Waals surface area contributed by atoms with Crippen molar-refractivity contribution in [3.05, 3.63) is 77.3 Å². The molecule has 0 aliphatic heterocycles. The molecule has 8 heteroatoms. The van der Waals surface area contributed by atoms with Crippen LogP contribution in [-0.4, -0.2) is 22.6 Å². The van der Waals surface area contributed by atoms with Crippen LogP contribution in [0.15, 0.2) is 66.7 Å². The second kappa shape index (κ2) is 9.43. The zero-order chi connectivity index (χ0) is 21.8. The van der Waals surface area contributed by atoms with E-state index < -0.39 is 0 Å². The van der Waals surface area contributed by atoms with Gasteiger partial charge >= 0.3 is 0 Å². The van der Waals surface area contributed by atoms with Gasteiger partial charge in [-0.2, -0.15) is 0 Å². The number of ether oxygens (including phenoxy) is 1. The number of rotatable bonds is 5. The molecule has 0 radical (unpaired) electrons. The predicted octanol–water partition coefficient (Wildman–Crippen LogP) is 5.82. The number of para-hydroxylation sites is 2. The first kappa shape index (κ1) is 21.2. The number of thiocarbonyl (C=S) groups is 1. The topological polar surface area (TPSA) is 63.2 Å². The molecule has 4 aromatic rings. The number of halogens is 1. The van der Waals surface area contributed by atoms with Crippen molar-refractivity contribution < 1.29 is 9.53 Å². The van der Waals surface area contributed by atoms with Gasteiger partial charge in [-0.15, -0.1) is 11.3 Å². The lowest BCUT2D eigenvalue weighted by Crippen LogP contribution is -2.37. The van der Waals surface area contributed by atoms with Gasteiger partial charge in [0.2, 0.25) is 0 Å². The van der Waals surface area contributed by atoms with Gasteiger partial charge in [-0.1, -0.05) is 41.9 Å². The second-order valence-electron chi connectivity index (χ2n) is 6.74. The smallest absolute Gasteiger partial charge is 0.264 e. The fourth-order valence-corrected chi connectivity index (χ4v) is 4.50. The van der Waals surface area contributed by atoms with Crippen molar-refractivity contribution in [3.63, 3.8) is 0 Å². The molecule has 1 amide bonds. The lowest BCUT2D eigenvalue weighted by Gasteiger charge is -2.12. The number of fused-ring (bicyclic) bond motifs is 1. The van der Waals surface area contributed by atoms with Crippen molar-refractivity contribution in [2.45, 2.75) is 6.92 Å². The Morgan fingerprint density at radius 3 is 2.68 bits per heavy atom. The zero-order valence-corrected chi connectivity index (χ0v) is 18.9. The molecule has 0 unspecified atom stereocenters. The summed E-state index contributed by atoms with van der Waals surface area (Å²) in [5.74, 6) is 0.312. The number of anilines is 1. The quantitative estimate of drug-likeness (QED) is 0.362. The number of thiazole rings is 1. The highest BCUT2D eigenvalue weighted by atomic mass is 35.5. The Hall–Kier alpha value is -3.00. The van der Waals surface area contributed by atoms with Crippen LogP contribution in [0.1, 0.15) is 5.56 Å². The summed E-state index contributed by atoms with van der Waals surface area (Å²) in [6.45, 7) is 1.78. The van der Waals surface area contributed by atoms with Gasteiger partial charge in [0.05, 0.1) is 15.2 Å². The van der Waals surface area contributed by atoms with E-state index in [1.165, 1.54) is 0 Å². The number of carbonyl (C=O) groups excluding carboxylic acids is 1. The average molecular weight is 468 g/mol. The third-order valence-electron chi connectivity index (χ3n) is 4.46. The number of aromatic nitrogens is 1. The van der Waals surface area contributed by atoms with Gasteiger partial charge in [0.15, 0.2) is 11.7 Å². The summed E-state index contributed by atoms with van der Waals surface area (Å²) in [6, 6.07) is 20.9. The number of carbonyl (C=O) groups is 1. The Labute approximate surface area is 194 Å². The van der Waals surface area contributed by atoms with E-state index in [-0.39, 0.29) is 17.6 Å². The molecular formula is C23H18ClN3O2S2. The van der Waals surface area contributed by atoms with E-state index in [2.05, 4.69) is 15.6 Å². The van der Waals surface area contributed by atoms with Crippen LogP contribution in [0.4, 0.5) is 5.69 Å². The molecule has 1 heterocycles. The van der Waals surface area contributed by atoms with Crippen LogP contribution in [0.3, 0.4) is 0 Å². The molecule has 5 nitrogen and oxygen atoms in total. The van der Waals surface area contributed by atoms with Gasteiger partial charge < -0.3 is 10.1 Å². The standard InChI is InChI=1S/C23H18ClN3O2S2/c1-14-6-2-4-8-19(14)29-13-21(28)27-23(30)25-15-10-11-16(17(24)12-15)22-26-18-7-3-5-9-20(18)31-22/h2-12H,13H2,1H3,(H2,25,27,28,30). The predicted molar refractivity (Wildman–Crippen MR) is 131 cm³/mol. The Morgan fingerprint density at radius 1 is 1.13 bits per heavy atom. The van der Waals surface area contributed by atoms with Crippen molar-refractivity contribution >= 4 is 62.1 Å². The largest absolute Gasteiger partial charge is 0.483 e. The first-order valence-electron chi connectivity index (χ1n) is 9.44. The van der Waals surface area contributed by atoms with Crippen LogP contribution in [-0.2, 0) is 4.79 Å². The summed E-state index contributed by atoms with van der Waals surface area (Å²) >= 11 is 13.3. The molecule has 0 aliphatic carbocycles. The summed E-state index contributed by atoms with van der Waals surface area (Å²) < 4.78 is 6.64. The fourth-order valence-electron chi connectivity index (χ4n) is 2.94. The molecule has 31 heavy (non-hydrogen) atoms. The Kier molecular flexibility index (Phi) is 6.46. The van der Waals surface area contributed by atoms with Crippen LogP contribution in [0.2, 0.25) is 5.02 Å². The van der Waals surface area contributed by atoms with Crippen molar-refractivity contribution in [2.24, 2.45) is 0 Å². The minimum absolute atomic E-state index is 0.135. The number of hydrogen-bond donors (Lipinski definition) is 2. The summed E-state index contributed by atoms with van der Waals surface area (Å²) in [6.07, 6.45) is 0. The molecule has 0 atom stereocenters. The van der Waals surface area contributed by atoms with Gasteiger partial charge in [0.1, 0.15) is 10.8 Å². The Bertz CT molecular complexity index is 1240. The van der Waals surface area contributed by atoms with E-state index in [9.17, 15) is 4.79 Å². The van der Waals surface area contributed by atoms with Crippen molar-refractivity contribution in [1.82, 2.24) is 10.3 Å². The molecule has 3 aromatic carbocycles. The molecular weight excluding hydrogens is 450 g/mol. The molecule has 0 saturated heterocycles. The minimum atomic E-state index is -0.349. The number of hydrogen-bond acceptors (Lipinski definition) is 5. The van der Waals surface area contributed by atoms with E-state index in [1.54, 1.807) is 17.4 Å². The summed E-state index contributed by atoms with van der Waals surface area (Å²) in [4.78, 5) is 16.8. The fraction of sp³-hybridized carbons (Fsp3) is 0.0870. The average Bonchev–Trinajstić information content (AvgIpc) is 3.17. The normalized spacial score (nSPS) is 10.6. The maximum absolute atomic E-state index is 12.1. The van der Waals surface area contributed by atoms with Gasteiger partial charge in [-0.05, 0) is 61.1 Å². The lowest BCUT2D eigenvalue weighted by atomic mass is 10.2. The van der Waals surface area contributed by atoms with Crippen molar-refractivity contribution in [2.75, 3.05) is 11.9 Å². The molecule has 4 rings (SSSR count). The molecule has 1 aromatic heterocycles. The van der Waals surface area contributed by atoms with Crippen LogP contribution < -0.4 is 15.4 Å². The number of nitrogens with zero attached hydrogens (tertiary/aromatic N) is 1. The van der Waals surface area contributed by atoms with Gasteiger partial charge in [-0.25, -0.2) is 4.98 Å². The van der Waals surface area contributed by atoms with E-state index in [0.717, 1.165) is 26.4 Å². The lowest BCUT2D eigenvalue weighted by molar-refractivity contribution is -0.121. The molecule has 0 bridgehead atoms. The highest BCUT2D eigenvalue weighted by molar-refractivity contribution is 7.80. The van der Waals surface area contributed by atoms with Gasteiger partial charge in [0, 0.05) is 11.3 Å². The maximum atomic E-state index is 12.1.